The molecule has 0 unspecified atom stereocenters. The third kappa shape index (κ3) is 6.91. The lowest BCUT2D eigenvalue weighted by Gasteiger charge is -2.17. The van der Waals surface area contributed by atoms with Crippen molar-refractivity contribution in [2.24, 2.45) is 0 Å². The molecule has 0 saturated heterocycles. The van der Waals surface area contributed by atoms with Crippen LogP contribution in [-0.2, 0) is 14.8 Å². The highest BCUT2D eigenvalue weighted by molar-refractivity contribution is 7.89. The molecule has 33 heavy (non-hydrogen) atoms. The van der Waals surface area contributed by atoms with E-state index >= 15 is 0 Å². The highest BCUT2D eigenvalue weighted by Crippen LogP contribution is 2.40. The van der Waals surface area contributed by atoms with Gasteiger partial charge in [-0.1, -0.05) is 30.3 Å². The second-order valence-corrected chi connectivity index (χ2v) is 9.44. The van der Waals surface area contributed by atoms with E-state index in [1.807, 2.05) is 30.3 Å². The van der Waals surface area contributed by atoms with E-state index in [-0.39, 0.29) is 29.9 Å². The fourth-order valence-corrected chi connectivity index (χ4v) is 4.71. The van der Waals surface area contributed by atoms with E-state index in [2.05, 4.69) is 15.4 Å². The zero-order valence-corrected chi connectivity index (χ0v) is 19.0. The highest BCUT2D eigenvalue weighted by atomic mass is 32.2. The highest BCUT2D eigenvalue weighted by Gasteiger charge is 2.39. The molecule has 3 atom stereocenters. The molecule has 5 N–H and O–H groups in total. The summed E-state index contributed by atoms with van der Waals surface area (Å²) in [6.07, 6.45) is 1.25. The summed E-state index contributed by atoms with van der Waals surface area (Å²) in [6, 6.07) is 14.2. The number of ether oxygens (including phenoxy) is 1. The van der Waals surface area contributed by atoms with Crippen LogP contribution in [0.5, 0.6) is 5.75 Å². The van der Waals surface area contributed by atoms with Crippen molar-refractivity contribution in [2.45, 2.75) is 42.2 Å². The molecule has 1 saturated carbocycles. The molecule has 1 aliphatic carbocycles. The van der Waals surface area contributed by atoms with Gasteiger partial charge in [0.05, 0.1) is 12.0 Å². The van der Waals surface area contributed by atoms with Gasteiger partial charge < -0.3 is 15.4 Å². The van der Waals surface area contributed by atoms with E-state index in [4.69, 9.17) is 9.94 Å². The van der Waals surface area contributed by atoms with Crippen LogP contribution < -0.4 is 25.6 Å². The van der Waals surface area contributed by atoms with E-state index < -0.39 is 22.0 Å². The second-order valence-electron chi connectivity index (χ2n) is 7.73. The Kier molecular flexibility index (Phi) is 8.26. The van der Waals surface area contributed by atoms with E-state index in [1.54, 1.807) is 0 Å². The zero-order chi connectivity index (χ0) is 23.8. The number of hydrogen-bond donors (Lipinski definition) is 5. The van der Waals surface area contributed by atoms with Crippen LogP contribution in [0.2, 0.25) is 0 Å². The third-order valence-corrected chi connectivity index (χ3v) is 6.87. The predicted molar refractivity (Wildman–Crippen MR) is 120 cm³/mol. The summed E-state index contributed by atoms with van der Waals surface area (Å²) in [4.78, 5) is 24.0. The van der Waals surface area contributed by atoms with Crippen LogP contribution in [0.4, 0.5) is 4.79 Å². The predicted octanol–water partition coefficient (Wildman–Crippen LogP) is 1.48. The summed E-state index contributed by atoms with van der Waals surface area (Å²) in [7, 11) is -2.55. The molecule has 1 aliphatic rings. The van der Waals surface area contributed by atoms with E-state index in [0.29, 0.717) is 18.1 Å². The van der Waals surface area contributed by atoms with Crippen LogP contribution in [0.15, 0.2) is 59.5 Å². The second kappa shape index (κ2) is 11.1. The number of carbonyl (C=O) groups excluding carboxylic acids is 2. The van der Waals surface area contributed by atoms with Crippen LogP contribution in [0, 0.1) is 0 Å². The average molecular weight is 477 g/mol. The van der Waals surface area contributed by atoms with Gasteiger partial charge in [-0.05, 0) is 49.1 Å². The molecule has 11 heteroatoms. The van der Waals surface area contributed by atoms with Crippen LogP contribution in [0.3, 0.4) is 0 Å². The number of urea groups is 1. The van der Waals surface area contributed by atoms with Crippen molar-refractivity contribution in [3.63, 3.8) is 0 Å². The smallest absolute Gasteiger partial charge is 0.315 e. The number of carbonyl (C=O) groups is 2. The Morgan fingerprint density at radius 3 is 2.45 bits per heavy atom. The van der Waals surface area contributed by atoms with E-state index in [9.17, 15) is 18.0 Å². The Labute approximate surface area is 192 Å². The molecule has 10 nitrogen and oxygen atoms in total. The Bertz CT molecular complexity index is 1050. The molecule has 2 aromatic carbocycles. The van der Waals surface area contributed by atoms with Gasteiger partial charge in [-0.2, -0.15) is 4.72 Å². The normalized spacial score (nSPS) is 18.1. The van der Waals surface area contributed by atoms with Gasteiger partial charge in [0, 0.05) is 18.5 Å². The molecule has 0 bridgehead atoms. The summed E-state index contributed by atoms with van der Waals surface area (Å²) in [5, 5.41) is 14.6. The van der Waals surface area contributed by atoms with E-state index in [1.165, 1.54) is 42.4 Å². The molecule has 3 amide bonds. The first-order valence-corrected chi connectivity index (χ1v) is 12.0. The van der Waals surface area contributed by atoms with Crippen LogP contribution in [0.25, 0.3) is 0 Å². The molecule has 0 aromatic heterocycles. The molecular weight excluding hydrogens is 448 g/mol. The molecule has 0 spiro atoms. The number of nitrogens with one attached hydrogen (secondary N) is 4. The van der Waals surface area contributed by atoms with Crippen molar-refractivity contribution in [3.05, 3.63) is 60.2 Å². The summed E-state index contributed by atoms with van der Waals surface area (Å²) in [5.74, 6) is -0.0913. The first-order chi connectivity index (χ1) is 15.8. The number of rotatable bonds is 11. The maximum atomic E-state index is 12.6. The van der Waals surface area contributed by atoms with Gasteiger partial charge in [0.15, 0.2) is 0 Å². The van der Waals surface area contributed by atoms with Gasteiger partial charge in [-0.3, -0.25) is 10.0 Å². The van der Waals surface area contributed by atoms with Crippen molar-refractivity contribution in [1.82, 2.24) is 20.8 Å². The molecule has 0 aliphatic heterocycles. The molecule has 3 rings (SSSR count). The van der Waals surface area contributed by atoms with Crippen molar-refractivity contribution in [3.8, 4) is 5.75 Å². The summed E-state index contributed by atoms with van der Waals surface area (Å²) < 4.78 is 32.5. The Morgan fingerprint density at radius 2 is 1.82 bits per heavy atom. The van der Waals surface area contributed by atoms with Crippen molar-refractivity contribution in [1.29, 1.82) is 0 Å². The first-order valence-electron chi connectivity index (χ1n) is 10.5. The molecule has 178 valence electrons. The van der Waals surface area contributed by atoms with Crippen molar-refractivity contribution in [2.75, 3.05) is 13.7 Å². The SMILES string of the molecule is COc1ccc(S(=O)(=O)N[C@H](CCCNC(=O)N[C@@H]2C[C@H]2c2ccccc2)C(=O)NO)cc1. The van der Waals surface area contributed by atoms with Crippen molar-refractivity contribution >= 4 is 22.0 Å². The van der Waals surface area contributed by atoms with Gasteiger partial charge in [0.25, 0.3) is 5.91 Å². The fraction of sp³-hybridized carbons (Fsp3) is 0.364. The third-order valence-electron chi connectivity index (χ3n) is 5.38. The lowest BCUT2D eigenvalue weighted by atomic mass is 10.1. The molecule has 0 heterocycles. The molecule has 2 aromatic rings. The van der Waals surface area contributed by atoms with Gasteiger partial charge in [0.2, 0.25) is 10.0 Å². The minimum Gasteiger partial charge on any atom is -0.497 e. The maximum Gasteiger partial charge on any atom is 0.315 e. The largest absolute Gasteiger partial charge is 0.497 e. The van der Waals surface area contributed by atoms with Crippen LogP contribution in [-0.4, -0.2) is 51.3 Å². The number of benzene rings is 2. The standard InChI is InChI=1S/C22H28N4O6S/c1-32-16-9-11-17(12-10-16)33(30,31)26-19(21(27)25-29)8-5-13-23-22(28)24-20-14-18(20)15-6-3-2-4-7-15/h2-4,6-7,9-12,18-20,26,29H,5,8,13-14H2,1H3,(H,25,27)(H2,23,24,28)/t18-,19+,20+/m0/s1. The van der Waals surface area contributed by atoms with Gasteiger partial charge in [-0.15, -0.1) is 0 Å². The zero-order valence-electron chi connectivity index (χ0n) is 18.2. The summed E-state index contributed by atoms with van der Waals surface area (Å²) >= 11 is 0. The first kappa shape index (κ1) is 24.5. The lowest BCUT2D eigenvalue weighted by molar-refractivity contribution is -0.131. The van der Waals surface area contributed by atoms with Gasteiger partial charge >= 0.3 is 6.03 Å². The number of methoxy groups -OCH3 is 1. The van der Waals surface area contributed by atoms with E-state index in [0.717, 1.165) is 6.42 Å². The van der Waals surface area contributed by atoms with Crippen LogP contribution >= 0.6 is 0 Å². The number of hydrogen-bond acceptors (Lipinski definition) is 6. The molecular formula is C22H28N4O6S. The minimum atomic E-state index is -4.01. The monoisotopic (exact) mass is 476 g/mol. The fourth-order valence-electron chi connectivity index (χ4n) is 3.48. The number of sulfonamides is 1. The van der Waals surface area contributed by atoms with Crippen LogP contribution in [0.1, 0.15) is 30.7 Å². The van der Waals surface area contributed by atoms with Gasteiger partial charge in [0.1, 0.15) is 11.8 Å². The average Bonchev–Trinajstić information content (AvgIpc) is 3.60. The Hall–Kier alpha value is -3.15. The minimum absolute atomic E-state index is 0.0473. The molecule has 1 fully saturated rings. The van der Waals surface area contributed by atoms with Crippen molar-refractivity contribution < 1.29 is 28.0 Å². The maximum absolute atomic E-state index is 12.6. The lowest BCUT2D eigenvalue weighted by Crippen LogP contribution is -2.46. The molecule has 0 radical (unpaired) electrons. The quantitative estimate of drug-likeness (QED) is 0.189. The topological polar surface area (TPSA) is 146 Å². The summed E-state index contributed by atoms with van der Waals surface area (Å²) in [5.41, 5.74) is 2.66. The Morgan fingerprint density at radius 1 is 1.12 bits per heavy atom. The van der Waals surface area contributed by atoms with Gasteiger partial charge in [-0.25, -0.2) is 18.7 Å². The number of amides is 3. The summed E-state index contributed by atoms with van der Waals surface area (Å²) in [6.45, 7) is 0.230. The number of hydroxylamine groups is 1. The Balaban J connectivity index is 1.45.